The Morgan fingerprint density at radius 2 is 0.667 bits per heavy atom. The van der Waals surface area contributed by atoms with Gasteiger partial charge in [-0.2, -0.15) is 19.9 Å². The molecule has 0 spiro atoms. The third-order valence-corrected chi connectivity index (χ3v) is 24.0. The number of nitrogens with zero attached hydrogens (tertiary/aromatic N) is 8. The molecule has 0 saturated heterocycles. The molecule has 25 rings (SSSR count). The molecule has 0 fully saturated rings. The van der Waals surface area contributed by atoms with Crippen LogP contribution in [0.5, 0.6) is 0 Å². The summed E-state index contributed by atoms with van der Waals surface area (Å²) in [4.78, 5) is 30.0. The standard InChI is InChI=1S/C57H34N4OS.C51H30N4OS/c1-4-14-35(15-5-1)38-20-12-21-40(32-38)55-58-56(41-26-28-43-49(34-41)62-48-24-13-23-42(52(43)48)37-18-8-3-9-19-37)60-57(59-55)61-46-29-27-39(36-16-6-2-7-17-36)33-45(46)53-47(61)30-31-51-54(53)44-22-10-11-25-50(44)63-51;1-4-14-31(15-5-1)35-21-13-24-41-45(35)37-27-26-34(30-42(37)56-41)50-52-49(33-18-8-3-9-19-33)53-51(54-50)55-40-28-29-44-47(38-20-10-11-25-43(38)57-44)46(40)39-23-12-22-36(48(39)55)32-16-6-2-7-17-32/h1-34H;1-30H/i13D,23D,24D,26D,28D,34D;1D,3D,4D,5D,8D,9D,13D,14D,15D,18D,19D,21D,24D,26D,27D,30D. The summed E-state index contributed by atoms with van der Waals surface area (Å²) >= 11 is 3.37. The van der Waals surface area contributed by atoms with E-state index in [0.717, 1.165) is 102 Å². The number of fused-ring (bicyclic) bond motifs is 20. The van der Waals surface area contributed by atoms with Gasteiger partial charge in [-0.3, -0.25) is 9.13 Å². The first-order valence-electron chi connectivity index (χ1n) is 49.3. The highest BCUT2D eigenvalue weighted by molar-refractivity contribution is 7.26. The van der Waals surface area contributed by atoms with E-state index < -0.39 is 142 Å². The molecule has 560 valence electrons. The number of rotatable bonds is 11. The summed E-state index contributed by atoms with van der Waals surface area (Å²) in [7, 11) is 0. The van der Waals surface area contributed by atoms with Crippen molar-refractivity contribution in [1.82, 2.24) is 39.0 Å². The minimum absolute atomic E-state index is 0.0133. The minimum atomic E-state index is -0.749. The van der Waals surface area contributed by atoms with Crippen molar-refractivity contribution >= 4 is 151 Å². The highest BCUT2D eigenvalue weighted by Crippen LogP contribution is 2.49. The van der Waals surface area contributed by atoms with Gasteiger partial charge in [0, 0.05) is 111 Å². The fraction of sp³-hybridized carbons (Fsp3) is 0. The van der Waals surface area contributed by atoms with Crippen molar-refractivity contribution in [3.8, 4) is 113 Å². The van der Waals surface area contributed by atoms with Gasteiger partial charge < -0.3 is 8.83 Å². The molecule has 0 bridgehead atoms. The highest BCUT2D eigenvalue weighted by Gasteiger charge is 2.27. The average molecular weight is 1590 g/mol. The predicted molar refractivity (Wildman–Crippen MR) is 498 cm³/mol. The smallest absolute Gasteiger partial charge is 0.238 e. The topological polar surface area (TPSA) is 113 Å². The summed E-state index contributed by atoms with van der Waals surface area (Å²) in [5.41, 5.74) is 7.20. The third-order valence-electron chi connectivity index (χ3n) is 21.8. The molecule has 0 aliphatic heterocycles. The number of thiophene rings is 2. The van der Waals surface area contributed by atoms with Crippen LogP contribution in [0.15, 0.2) is 397 Å². The molecule has 17 aromatic carbocycles. The number of aromatic nitrogens is 8. The SMILES string of the molecule is [2H]c1c([2H])c(-c2ccccc2)c2c(oc3c([2H])c(-c4nc(-c5cccc(-c6ccccc6)c5)nc(-n5c6ccc(-c7ccccc7)cc6c6c7c(ccc65)sc5ccccc57)n4)c([2H])c([2H])c32)c1[2H].[2H]c1c([2H])c([2H])c(-c2nc(-c3c([2H])c([2H])c4c(oc5c([2H])c([2H])c([2H])c(-c6c([2H])c([2H])c([2H])c([2H])c6[2H])c54)c3[2H])nc(-n3c4ccc5sc6ccccc6c5c4c4cccc(-c5ccccc5)c43)n2)c([2H])c1[2H]. The van der Waals surface area contributed by atoms with E-state index in [1.54, 1.807) is 39.4 Å². The van der Waals surface area contributed by atoms with E-state index in [-0.39, 0.29) is 92.2 Å². The van der Waals surface area contributed by atoms with Gasteiger partial charge in [-0.25, -0.2) is 9.97 Å². The van der Waals surface area contributed by atoms with Crippen molar-refractivity contribution in [3.63, 3.8) is 0 Å². The quantitative estimate of drug-likeness (QED) is 0.126. The van der Waals surface area contributed by atoms with Crippen LogP contribution < -0.4 is 0 Å². The molecule has 10 nitrogen and oxygen atoms in total. The highest BCUT2D eigenvalue weighted by atomic mass is 32.1. The van der Waals surface area contributed by atoms with Crippen LogP contribution in [0.1, 0.15) is 30.2 Å². The second kappa shape index (κ2) is 28.1. The van der Waals surface area contributed by atoms with Gasteiger partial charge in [0.05, 0.1) is 52.2 Å². The number of hydrogen-bond acceptors (Lipinski definition) is 10. The zero-order chi connectivity index (χ0) is 98.0. The second-order valence-electron chi connectivity index (χ2n) is 28.6. The lowest BCUT2D eigenvalue weighted by atomic mass is 9.99. The van der Waals surface area contributed by atoms with Gasteiger partial charge in [-0.15, -0.1) is 22.7 Å². The van der Waals surface area contributed by atoms with Crippen LogP contribution in [0.4, 0.5) is 0 Å². The monoisotopic (exact) mass is 1590 g/mol. The molecule has 0 amide bonds. The molecule has 0 saturated carbocycles. The first-order valence-corrected chi connectivity index (χ1v) is 40.0. The zero-order valence-corrected chi connectivity index (χ0v) is 64.1. The van der Waals surface area contributed by atoms with E-state index in [1.165, 1.54) is 4.70 Å². The summed E-state index contributed by atoms with van der Waals surface area (Å²) < 4.78 is 218. The number of benzene rings is 17. The van der Waals surface area contributed by atoms with Crippen LogP contribution in [-0.4, -0.2) is 39.0 Å². The lowest BCUT2D eigenvalue weighted by molar-refractivity contribution is 0.668. The summed E-state index contributed by atoms with van der Waals surface area (Å²) in [5.74, 6) is -0.515. The van der Waals surface area contributed by atoms with E-state index in [2.05, 4.69) is 71.7 Å². The van der Waals surface area contributed by atoms with Crippen molar-refractivity contribution in [2.45, 2.75) is 0 Å². The van der Waals surface area contributed by atoms with Crippen LogP contribution in [0.2, 0.25) is 0 Å². The summed E-state index contributed by atoms with van der Waals surface area (Å²) in [6.45, 7) is 0. The Morgan fingerprint density at radius 1 is 0.233 bits per heavy atom. The molecule has 8 aromatic heterocycles. The Balaban J connectivity index is 0.000000154. The maximum Gasteiger partial charge on any atom is 0.238 e. The van der Waals surface area contributed by atoms with E-state index in [1.807, 2.05) is 180 Å². The molecule has 0 radical (unpaired) electrons. The van der Waals surface area contributed by atoms with Crippen molar-refractivity contribution in [2.75, 3.05) is 0 Å². The molecule has 0 unspecified atom stereocenters. The number of furan rings is 2. The van der Waals surface area contributed by atoms with Gasteiger partial charge in [0.1, 0.15) is 22.3 Å². The Labute approximate surface area is 725 Å². The number of para-hydroxylation sites is 1. The Kier molecular flexibility index (Phi) is 11.7. The van der Waals surface area contributed by atoms with E-state index in [9.17, 15) is 8.22 Å². The fourth-order valence-corrected chi connectivity index (χ4v) is 18.7. The Hall–Kier alpha value is -15.6. The summed E-state index contributed by atoms with van der Waals surface area (Å²) in [6.07, 6.45) is 0. The maximum atomic E-state index is 9.83. The van der Waals surface area contributed by atoms with Crippen LogP contribution >= 0.6 is 22.7 Å². The molecular weight excluding hydrogens is 1510 g/mol. The molecule has 0 aliphatic carbocycles. The van der Waals surface area contributed by atoms with Crippen LogP contribution in [0, 0.1) is 0 Å². The van der Waals surface area contributed by atoms with Gasteiger partial charge in [0.2, 0.25) is 11.9 Å². The second-order valence-corrected chi connectivity index (χ2v) is 30.8. The summed E-state index contributed by atoms with van der Waals surface area (Å²) in [5, 5.41) is 7.58. The van der Waals surface area contributed by atoms with Gasteiger partial charge in [-0.1, -0.05) is 297 Å². The van der Waals surface area contributed by atoms with Crippen molar-refractivity contribution < 1.29 is 39.0 Å². The predicted octanol–water partition coefficient (Wildman–Crippen LogP) is 29.5. The Bertz CT molecular complexity index is 9810. The van der Waals surface area contributed by atoms with Crippen molar-refractivity contribution in [3.05, 3.63) is 388 Å². The molecule has 0 atom stereocenters. The molecule has 8 heterocycles. The van der Waals surface area contributed by atoms with Crippen LogP contribution in [0.3, 0.4) is 0 Å². The molecule has 120 heavy (non-hydrogen) atoms. The van der Waals surface area contributed by atoms with Gasteiger partial charge in [0.15, 0.2) is 23.3 Å². The third kappa shape index (κ3) is 11.4. The van der Waals surface area contributed by atoms with E-state index in [0.29, 0.717) is 33.5 Å². The van der Waals surface area contributed by atoms with E-state index in [4.69, 9.17) is 55.7 Å². The molecule has 25 aromatic rings. The average Bonchev–Trinajstić information content (AvgIpc) is 1.33. The zero-order valence-electron chi connectivity index (χ0n) is 84.5. The molecular formula is C108H64N8O2S2. The lowest BCUT2D eigenvalue weighted by Gasteiger charge is -2.13. The first-order chi connectivity index (χ1) is 68.6. The van der Waals surface area contributed by atoms with Crippen molar-refractivity contribution in [1.29, 1.82) is 0 Å². The van der Waals surface area contributed by atoms with Gasteiger partial charge >= 0.3 is 0 Å². The van der Waals surface area contributed by atoms with Crippen LogP contribution in [-0.2, 0) is 0 Å². The first kappa shape index (κ1) is 50.0. The largest absolute Gasteiger partial charge is 0.456 e. The maximum absolute atomic E-state index is 9.83. The molecule has 0 N–H and O–H groups in total. The Morgan fingerprint density at radius 3 is 1.24 bits per heavy atom. The van der Waals surface area contributed by atoms with Crippen molar-refractivity contribution in [2.24, 2.45) is 0 Å². The van der Waals surface area contributed by atoms with Crippen LogP contribution in [0.25, 0.3) is 241 Å². The van der Waals surface area contributed by atoms with Gasteiger partial charge in [-0.05, 0) is 141 Å². The lowest BCUT2D eigenvalue weighted by Crippen LogP contribution is -2.07. The fourth-order valence-electron chi connectivity index (χ4n) is 16.5. The normalized spacial score (nSPS) is 14.4. The molecule has 12 heteroatoms. The van der Waals surface area contributed by atoms with Gasteiger partial charge in [0.25, 0.3) is 0 Å². The minimum Gasteiger partial charge on any atom is -0.456 e. The molecule has 0 aliphatic rings. The van der Waals surface area contributed by atoms with E-state index >= 15 is 0 Å². The number of hydrogen-bond donors (Lipinski definition) is 0. The summed E-state index contributed by atoms with van der Waals surface area (Å²) in [6, 6.07) is 70.7.